The second-order valence-corrected chi connectivity index (χ2v) is 10.7. The number of nitrogens with zero attached hydrogens (tertiary/aromatic N) is 4. The molecule has 0 amide bonds. The van der Waals surface area contributed by atoms with Crippen molar-refractivity contribution in [3.63, 3.8) is 0 Å². The van der Waals surface area contributed by atoms with Gasteiger partial charge in [-0.25, -0.2) is 4.98 Å². The molecule has 0 atom stereocenters. The normalized spacial score (nSPS) is 16.3. The molecule has 2 fully saturated rings. The molecule has 41 heavy (non-hydrogen) atoms. The van der Waals surface area contributed by atoms with Crippen LogP contribution >= 0.6 is 0 Å². The van der Waals surface area contributed by atoms with Gasteiger partial charge in [0, 0.05) is 30.9 Å². The highest BCUT2D eigenvalue weighted by Crippen LogP contribution is 2.31. The van der Waals surface area contributed by atoms with E-state index < -0.39 is 0 Å². The largest absolute Gasteiger partial charge is 0.488 e. The minimum absolute atomic E-state index is 0.301. The lowest BCUT2D eigenvalue weighted by atomic mass is 10.0. The van der Waals surface area contributed by atoms with Gasteiger partial charge >= 0.3 is 0 Å². The quantitative estimate of drug-likeness (QED) is 0.215. The molecule has 2 aromatic heterocycles. The average Bonchev–Trinajstić information content (AvgIpc) is 3.63. The van der Waals surface area contributed by atoms with Crippen molar-refractivity contribution >= 4 is 40.1 Å². The Bertz CT molecular complexity index is 1510. The molecule has 11 nitrogen and oxygen atoms in total. The number of rotatable bonds is 10. The predicted molar refractivity (Wildman–Crippen MR) is 157 cm³/mol. The molecular weight excluding hydrogens is 520 g/mol. The number of nitrogen functional groups attached to an aromatic ring is 1. The molecule has 1 aliphatic carbocycles. The minimum atomic E-state index is 0.301. The predicted octanol–water partition coefficient (Wildman–Crippen LogP) is 3.52. The molecule has 1 aliphatic heterocycles. The summed E-state index contributed by atoms with van der Waals surface area (Å²) in [7, 11) is 0. The van der Waals surface area contributed by atoms with E-state index in [0.29, 0.717) is 47.1 Å². The molecule has 1 saturated heterocycles. The maximum Gasteiger partial charge on any atom is 0.300 e. The van der Waals surface area contributed by atoms with Crippen molar-refractivity contribution in [2.45, 2.75) is 38.6 Å². The molecule has 6 rings (SSSR count). The fourth-order valence-corrected chi connectivity index (χ4v) is 5.54. The van der Waals surface area contributed by atoms with Crippen LogP contribution in [-0.2, 0) is 4.74 Å². The van der Waals surface area contributed by atoms with Crippen molar-refractivity contribution in [3.8, 4) is 5.75 Å². The van der Waals surface area contributed by atoms with Crippen LogP contribution in [0.3, 0.4) is 0 Å². The van der Waals surface area contributed by atoms with Gasteiger partial charge in [0.05, 0.1) is 25.0 Å². The fraction of sp³-hybridized carbons (Fsp3) is 0.400. The second kappa shape index (κ2) is 12.2. The zero-order valence-electron chi connectivity index (χ0n) is 23.4. The molecule has 0 radical (unpaired) electrons. The highest BCUT2D eigenvalue weighted by Gasteiger charge is 2.25. The number of nitrogens with two attached hydrogens (primary N) is 2. The van der Waals surface area contributed by atoms with Gasteiger partial charge in [-0.2, -0.15) is 9.97 Å². The van der Waals surface area contributed by atoms with Crippen LogP contribution in [0.1, 0.15) is 42.4 Å². The number of benzene rings is 2. The Morgan fingerprint density at radius 2 is 1.93 bits per heavy atom. The zero-order chi connectivity index (χ0) is 28.2. The van der Waals surface area contributed by atoms with E-state index in [2.05, 4.69) is 30.5 Å². The van der Waals surface area contributed by atoms with Gasteiger partial charge in [0.1, 0.15) is 29.8 Å². The van der Waals surface area contributed by atoms with Crippen molar-refractivity contribution in [1.82, 2.24) is 19.9 Å². The van der Waals surface area contributed by atoms with E-state index in [4.69, 9.17) is 25.0 Å². The van der Waals surface area contributed by atoms with E-state index in [0.717, 1.165) is 73.8 Å². The van der Waals surface area contributed by atoms with Gasteiger partial charge in [0.15, 0.2) is 11.3 Å². The first-order chi connectivity index (χ1) is 20.0. The Labute approximate surface area is 239 Å². The zero-order valence-corrected chi connectivity index (χ0v) is 23.4. The molecule has 1 saturated carbocycles. The number of aryl methyl sites for hydroxylation is 1. The van der Waals surface area contributed by atoms with Crippen molar-refractivity contribution in [3.05, 3.63) is 59.4 Å². The monoisotopic (exact) mass is 557 g/mol. The first-order valence-corrected chi connectivity index (χ1v) is 14.3. The molecule has 2 aliphatic rings. The lowest BCUT2D eigenvalue weighted by Crippen LogP contribution is -2.84. The Hall–Kier alpha value is -4.06. The van der Waals surface area contributed by atoms with Crippen molar-refractivity contribution < 1.29 is 19.2 Å². The molecule has 11 heteroatoms. The molecule has 6 N–H and O–H groups in total. The summed E-state index contributed by atoms with van der Waals surface area (Å²) >= 11 is 0. The molecule has 0 bridgehead atoms. The summed E-state index contributed by atoms with van der Waals surface area (Å²) in [5.74, 6) is 1.74. The Morgan fingerprint density at radius 3 is 2.71 bits per heavy atom. The second-order valence-electron chi connectivity index (χ2n) is 10.7. The highest BCUT2D eigenvalue weighted by atomic mass is 16.5. The number of hydrogen-bond acceptors (Lipinski definition) is 10. The van der Waals surface area contributed by atoms with Gasteiger partial charge < -0.3 is 24.9 Å². The third-order valence-electron chi connectivity index (χ3n) is 7.74. The maximum atomic E-state index is 8.90. The van der Waals surface area contributed by atoms with E-state index in [1.54, 1.807) is 0 Å². The van der Waals surface area contributed by atoms with Crippen LogP contribution in [0.2, 0.25) is 0 Å². The van der Waals surface area contributed by atoms with Gasteiger partial charge in [-0.05, 0) is 62.4 Å². The Balaban J connectivity index is 1.15. The molecule has 4 aromatic rings. The van der Waals surface area contributed by atoms with Crippen LogP contribution in [0.4, 0.5) is 23.3 Å². The summed E-state index contributed by atoms with van der Waals surface area (Å²) in [4.78, 5) is 15.6. The van der Waals surface area contributed by atoms with E-state index in [9.17, 15) is 0 Å². The number of morpholine rings is 1. The van der Waals surface area contributed by atoms with Gasteiger partial charge in [-0.1, -0.05) is 12.1 Å². The van der Waals surface area contributed by atoms with Crippen LogP contribution < -0.4 is 21.1 Å². The summed E-state index contributed by atoms with van der Waals surface area (Å²) < 4.78 is 17.6. The van der Waals surface area contributed by atoms with Gasteiger partial charge in [0.25, 0.3) is 6.01 Å². The first kappa shape index (κ1) is 27.1. The van der Waals surface area contributed by atoms with Crippen molar-refractivity contribution in [2.75, 3.05) is 50.5 Å². The number of ether oxygens (including phenoxy) is 2. The number of fused-ring (bicyclic) bond motifs is 1. The number of hydrogen-bond donors (Lipinski definition) is 4. The van der Waals surface area contributed by atoms with Crippen LogP contribution in [0, 0.1) is 12.3 Å². The van der Waals surface area contributed by atoms with Crippen molar-refractivity contribution in [2.24, 2.45) is 0 Å². The van der Waals surface area contributed by atoms with E-state index in [-0.39, 0.29) is 0 Å². The topological polar surface area (TPSA) is 152 Å². The number of aromatic nitrogens is 3. The highest BCUT2D eigenvalue weighted by molar-refractivity contribution is 6.15. The van der Waals surface area contributed by atoms with Crippen LogP contribution in [0.5, 0.6) is 5.75 Å². The van der Waals surface area contributed by atoms with Crippen LogP contribution in [0.15, 0.2) is 47.1 Å². The molecule has 0 spiro atoms. The van der Waals surface area contributed by atoms with Crippen LogP contribution in [-0.4, -0.2) is 71.1 Å². The average molecular weight is 558 g/mol. The number of anilines is 3. The van der Waals surface area contributed by atoms with Gasteiger partial charge in [-0.15, -0.1) is 0 Å². The number of oxazole rings is 1. The summed E-state index contributed by atoms with van der Waals surface area (Å²) in [6.07, 6.45) is 6.23. The third-order valence-corrected chi connectivity index (χ3v) is 7.74. The standard InChI is InChI=1S/C30H36N8O3/c1-19-16-23-27(24(17-19)40-15-12-38-10-13-39-14-11-38)41-30(37-23)36-22-8-6-20(7-9-22)26(31)25-28(32)33-18-34-29(25)35-21-4-2-3-5-21/h6-9,16-18,21,31H,2-5,10-15H2,1H3,(H,36,37)(H3,32,33,34,35)/p+1. The minimum Gasteiger partial charge on any atom is -0.488 e. The van der Waals surface area contributed by atoms with Gasteiger partial charge in [0.2, 0.25) is 5.82 Å². The SMILES string of the molecule is Cc1cc(OCCN2CCOCC2)c2oc(Nc3ccc(C(=N)c4c(N)ncnc4[NH2+]C4CCCC4)cc3)nc2c1. The van der Waals surface area contributed by atoms with E-state index in [1.807, 2.05) is 43.3 Å². The first-order valence-electron chi connectivity index (χ1n) is 14.3. The summed E-state index contributed by atoms with van der Waals surface area (Å²) in [5.41, 5.74) is 11.0. The van der Waals surface area contributed by atoms with Gasteiger partial charge in [-0.3, -0.25) is 15.6 Å². The fourth-order valence-electron chi connectivity index (χ4n) is 5.54. The number of quaternary nitrogens is 1. The number of nitrogens with one attached hydrogen (secondary N) is 2. The van der Waals surface area contributed by atoms with E-state index in [1.165, 1.54) is 19.2 Å². The summed E-state index contributed by atoms with van der Waals surface area (Å²) in [6, 6.07) is 12.4. The van der Waals surface area contributed by atoms with Crippen molar-refractivity contribution in [1.29, 1.82) is 5.41 Å². The maximum absolute atomic E-state index is 8.90. The molecule has 0 unspecified atom stereocenters. The molecular formula is C30H37N8O3+. The lowest BCUT2D eigenvalue weighted by Gasteiger charge is -2.26. The molecule has 214 valence electrons. The Kier molecular flexibility index (Phi) is 8.08. The van der Waals surface area contributed by atoms with E-state index >= 15 is 0 Å². The molecule has 3 heterocycles. The smallest absolute Gasteiger partial charge is 0.300 e. The summed E-state index contributed by atoms with van der Waals surface area (Å²) in [6.45, 7) is 6.80. The lowest BCUT2D eigenvalue weighted by molar-refractivity contribution is -0.612. The molecule has 2 aromatic carbocycles. The van der Waals surface area contributed by atoms with Crippen LogP contribution in [0.25, 0.3) is 11.1 Å². The summed E-state index contributed by atoms with van der Waals surface area (Å²) in [5, 5.41) is 14.3. The Morgan fingerprint density at radius 1 is 1.15 bits per heavy atom. The third kappa shape index (κ3) is 6.32.